The molecule has 0 atom stereocenters. The van der Waals surface area contributed by atoms with Gasteiger partial charge in [-0.2, -0.15) is 0 Å². The number of nitrogens with zero attached hydrogens (tertiary/aromatic N) is 1. The van der Waals surface area contributed by atoms with Crippen molar-refractivity contribution in [3.63, 3.8) is 0 Å². The molecule has 1 rings (SSSR count). The van der Waals surface area contributed by atoms with Crippen molar-refractivity contribution in [3.8, 4) is 5.75 Å². The van der Waals surface area contributed by atoms with Gasteiger partial charge in [0.25, 0.3) is 0 Å². The quantitative estimate of drug-likeness (QED) is 0.701. The molecule has 0 saturated heterocycles. The zero-order chi connectivity index (χ0) is 15.8. The first kappa shape index (κ1) is 16.4. The van der Waals surface area contributed by atoms with Crippen LogP contribution < -0.4 is 10.5 Å². The molecule has 0 aliphatic carbocycles. The van der Waals surface area contributed by atoms with Crippen molar-refractivity contribution in [2.45, 2.75) is 6.42 Å². The van der Waals surface area contributed by atoms with Crippen LogP contribution in [0.5, 0.6) is 5.75 Å². The number of ether oxygens (including phenoxy) is 1. The maximum Gasteiger partial charge on any atom is 0.323 e. The Bertz CT molecular complexity index is 519. The number of para-hydroxylation sites is 1. The normalized spacial score (nSPS) is 9.95. The van der Waals surface area contributed by atoms with Crippen molar-refractivity contribution in [3.05, 3.63) is 30.1 Å². The molecule has 8 heteroatoms. The number of primary amides is 1. The van der Waals surface area contributed by atoms with Gasteiger partial charge in [0.05, 0.1) is 19.6 Å². The van der Waals surface area contributed by atoms with Crippen LogP contribution in [0.4, 0.5) is 4.39 Å². The van der Waals surface area contributed by atoms with E-state index in [4.69, 9.17) is 15.6 Å². The Balaban J connectivity index is 2.51. The molecule has 0 radical (unpaired) electrons. The lowest BCUT2D eigenvalue weighted by Crippen LogP contribution is -2.41. The molecule has 21 heavy (non-hydrogen) atoms. The Kier molecular flexibility index (Phi) is 6.12. The summed E-state index contributed by atoms with van der Waals surface area (Å²) in [5.41, 5.74) is 4.94. The minimum absolute atomic E-state index is 0.00927. The number of hydrogen-bond acceptors (Lipinski definition) is 4. The Hall–Kier alpha value is -2.64. The zero-order valence-electron chi connectivity index (χ0n) is 11.1. The Morgan fingerprint density at radius 1 is 1.24 bits per heavy atom. The maximum atomic E-state index is 13.3. The lowest BCUT2D eigenvalue weighted by Gasteiger charge is -2.19. The monoisotopic (exact) mass is 298 g/mol. The van der Waals surface area contributed by atoms with Crippen molar-refractivity contribution in [1.29, 1.82) is 0 Å². The van der Waals surface area contributed by atoms with Crippen LogP contribution in [0.2, 0.25) is 0 Å². The van der Waals surface area contributed by atoms with Crippen LogP contribution >= 0.6 is 0 Å². The van der Waals surface area contributed by atoms with Gasteiger partial charge >= 0.3 is 5.97 Å². The number of aliphatic carboxylic acids is 1. The van der Waals surface area contributed by atoms with Gasteiger partial charge in [0.15, 0.2) is 11.6 Å². The summed E-state index contributed by atoms with van der Waals surface area (Å²) in [4.78, 5) is 34.0. The predicted octanol–water partition coefficient (Wildman–Crippen LogP) is -0.00690. The highest BCUT2D eigenvalue weighted by Crippen LogP contribution is 2.15. The lowest BCUT2D eigenvalue weighted by atomic mass is 10.3. The average molecular weight is 298 g/mol. The summed E-state index contributed by atoms with van der Waals surface area (Å²) in [6.45, 7) is -1.28. The summed E-state index contributed by atoms with van der Waals surface area (Å²) < 4.78 is 18.3. The van der Waals surface area contributed by atoms with Crippen molar-refractivity contribution < 1.29 is 28.6 Å². The highest BCUT2D eigenvalue weighted by molar-refractivity contribution is 5.86. The van der Waals surface area contributed by atoms with Crippen molar-refractivity contribution >= 4 is 17.8 Å². The molecule has 1 aromatic carbocycles. The van der Waals surface area contributed by atoms with Gasteiger partial charge in [0.2, 0.25) is 11.8 Å². The van der Waals surface area contributed by atoms with Crippen LogP contribution in [0.3, 0.4) is 0 Å². The number of hydrogen-bond donors (Lipinski definition) is 2. The van der Waals surface area contributed by atoms with Crippen molar-refractivity contribution in [2.24, 2.45) is 5.73 Å². The zero-order valence-corrected chi connectivity index (χ0v) is 11.1. The molecule has 3 N–H and O–H groups in total. The molecule has 1 aromatic rings. The molecule has 0 fully saturated rings. The summed E-state index contributed by atoms with van der Waals surface area (Å²) in [5, 5.41) is 8.66. The van der Waals surface area contributed by atoms with Crippen LogP contribution in [-0.4, -0.2) is 47.5 Å². The van der Waals surface area contributed by atoms with E-state index in [-0.39, 0.29) is 18.8 Å². The summed E-state index contributed by atoms with van der Waals surface area (Å²) in [7, 11) is 0. The van der Waals surface area contributed by atoms with Crippen LogP contribution in [0.25, 0.3) is 0 Å². The Labute approximate surface area is 120 Å². The molecule has 0 aliphatic rings. The van der Waals surface area contributed by atoms with Crippen LogP contribution in [-0.2, 0) is 14.4 Å². The van der Waals surface area contributed by atoms with Crippen LogP contribution in [0, 0.1) is 5.82 Å². The van der Waals surface area contributed by atoms with Gasteiger partial charge in [-0.3, -0.25) is 14.4 Å². The SMILES string of the molecule is NC(=O)CN(CC(=O)O)C(=O)CCOc1ccccc1F. The molecular weight excluding hydrogens is 283 g/mol. The topological polar surface area (TPSA) is 110 Å². The summed E-state index contributed by atoms with van der Waals surface area (Å²) in [6, 6.07) is 5.68. The molecule has 2 amide bonds. The number of amides is 2. The number of halogens is 1. The summed E-state index contributed by atoms with van der Waals surface area (Å²) in [5.74, 6) is -3.28. The summed E-state index contributed by atoms with van der Waals surface area (Å²) in [6.07, 6.45) is -0.200. The smallest absolute Gasteiger partial charge is 0.323 e. The van der Waals surface area contributed by atoms with Crippen LogP contribution in [0.15, 0.2) is 24.3 Å². The van der Waals surface area contributed by atoms with Crippen LogP contribution in [0.1, 0.15) is 6.42 Å². The second-order valence-electron chi connectivity index (χ2n) is 4.14. The predicted molar refractivity (Wildman–Crippen MR) is 69.9 cm³/mol. The highest BCUT2D eigenvalue weighted by Gasteiger charge is 2.18. The number of carboxylic acids is 1. The van der Waals surface area contributed by atoms with Gasteiger partial charge in [-0.1, -0.05) is 12.1 Å². The molecule has 0 bridgehead atoms. The van der Waals surface area contributed by atoms with E-state index >= 15 is 0 Å². The first-order valence-corrected chi connectivity index (χ1v) is 6.05. The van der Waals surface area contributed by atoms with E-state index in [0.717, 1.165) is 4.90 Å². The molecule has 0 aromatic heterocycles. The fraction of sp³-hybridized carbons (Fsp3) is 0.308. The molecule has 0 heterocycles. The number of carbonyl (C=O) groups excluding carboxylic acids is 2. The van der Waals surface area contributed by atoms with Gasteiger partial charge < -0.3 is 20.5 Å². The molecule has 0 saturated carbocycles. The number of carboxylic acid groups (broad SMARTS) is 1. The molecule has 0 unspecified atom stereocenters. The second kappa shape index (κ2) is 7.83. The molecule has 0 aliphatic heterocycles. The lowest BCUT2D eigenvalue weighted by molar-refractivity contribution is -0.145. The molecule has 0 spiro atoms. The van der Waals surface area contributed by atoms with E-state index in [1.165, 1.54) is 18.2 Å². The first-order chi connectivity index (χ1) is 9.90. The second-order valence-corrected chi connectivity index (χ2v) is 4.14. The maximum absolute atomic E-state index is 13.3. The summed E-state index contributed by atoms with van der Waals surface area (Å²) >= 11 is 0. The number of carbonyl (C=O) groups is 3. The third-order valence-corrected chi connectivity index (χ3v) is 2.44. The average Bonchev–Trinajstić information content (AvgIpc) is 2.39. The van der Waals surface area contributed by atoms with Gasteiger partial charge in [-0.25, -0.2) is 4.39 Å². The number of benzene rings is 1. The Morgan fingerprint density at radius 3 is 2.48 bits per heavy atom. The fourth-order valence-electron chi connectivity index (χ4n) is 1.55. The van der Waals surface area contributed by atoms with Gasteiger partial charge in [-0.05, 0) is 12.1 Å². The highest BCUT2D eigenvalue weighted by atomic mass is 19.1. The molecule has 114 valence electrons. The molecular formula is C13H15FN2O5. The Morgan fingerprint density at radius 2 is 1.90 bits per heavy atom. The van der Waals surface area contributed by atoms with E-state index in [0.29, 0.717) is 0 Å². The van der Waals surface area contributed by atoms with E-state index in [1.54, 1.807) is 6.07 Å². The van der Waals surface area contributed by atoms with Gasteiger partial charge in [-0.15, -0.1) is 0 Å². The van der Waals surface area contributed by atoms with Gasteiger partial charge in [0, 0.05) is 0 Å². The number of nitrogens with two attached hydrogens (primary N) is 1. The minimum atomic E-state index is -1.26. The minimum Gasteiger partial charge on any atom is -0.490 e. The van der Waals surface area contributed by atoms with Gasteiger partial charge in [0.1, 0.15) is 6.54 Å². The largest absolute Gasteiger partial charge is 0.490 e. The fourth-order valence-corrected chi connectivity index (χ4v) is 1.55. The van der Waals surface area contributed by atoms with E-state index < -0.39 is 36.7 Å². The first-order valence-electron chi connectivity index (χ1n) is 6.05. The third-order valence-electron chi connectivity index (χ3n) is 2.44. The van der Waals surface area contributed by atoms with Crippen molar-refractivity contribution in [1.82, 2.24) is 4.90 Å². The number of rotatable bonds is 8. The van der Waals surface area contributed by atoms with E-state index in [1.807, 2.05) is 0 Å². The standard InChI is InChI=1S/C13H15FN2O5/c14-9-3-1-2-4-10(9)21-6-5-12(18)16(7-11(15)17)8-13(19)20/h1-4H,5-8H2,(H2,15,17)(H,19,20). The van der Waals surface area contributed by atoms with Crippen molar-refractivity contribution in [2.75, 3.05) is 19.7 Å². The van der Waals surface area contributed by atoms with E-state index in [9.17, 15) is 18.8 Å². The third kappa shape index (κ3) is 5.89. The molecule has 7 nitrogen and oxygen atoms in total. The van der Waals surface area contributed by atoms with E-state index in [2.05, 4.69) is 0 Å².